The number of nitrogens with one attached hydrogen (secondary N) is 1. The topological polar surface area (TPSA) is 69.6 Å². The van der Waals surface area contributed by atoms with Crippen LogP contribution in [0.4, 0.5) is 0 Å². The maximum Gasteiger partial charge on any atom is 0.321 e. The molecule has 21 heavy (non-hydrogen) atoms. The van der Waals surface area contributed by atoms with Gasteiger partial charge >= 0.3 is 5.97 Å². The number of hydrogen-bond donors (Lipinski definition) is 3. The molecule has 0 aliphatic rings. The summed E-state index contributed by atoms with van der Waals surface area (Å²) in [6.07, 6.45) is 0.377. The van der Waals surface area contributed by atoms with Crippen LogP contribution in [0.15, 0.2) is 54.6 Å². The lowest BCUT2D eigenvalue weighted by Crippen LogP contribution is -2.38. The third kappa shape index (κ3) is 5.49. The van der Waals surface area contributed by atoms with Crippen LogP contribution in [0.5, 0.6) is 5.75 Å². The van der Waals surface area contributed by atoms with Crippen molar-refractivity contribution in [1.29, 1.82) is 0 Å². The summed E-state index contributed by atoms with van der Waals surface area (Å²) >= 11 is 0. The summed E-state index contributed by atoms with van der Waals surface area (Å²) in [6.45, 7) is 0.510. The number of carbonyl (C=O) groups is 1. The molecule has 1 atom stereocenters. The van der Waals surface area contributed by atoms with E-state index in [1.54, 1.807) is 24.3 Å². The van der Waals surface area contributed by atoms with Gasteiger partial charge in [-0.1, -0.05) is 42.5 Å². The minimum atomic E-state index is -0.881. The predicted octanol–water partition coefficient (Wildman–Crippen LogP) is 2.29. The average Bonchev–Trinajstić information content (AvgIpc) is 2.46. The molecule has 0 aromatic heterocycles. The molecule has 0 bridgehead atoms. The Morgan fingerprint density at radius 3 is 2.19 bits per heavy atom. The largest absolute Gasteiger partial charge is 0.508 e. The van der Waals surface area contributed by atoms with E-state index in [0.717, 1.165) is 11.1 Å². The van der Waals surface area contributed by atoms with E-state index < -0.39 is 12.0 Å². The molecule has 0 aliphatic carbocycles. The van der Waals surface area contributed by atoms with Crippen LogP contribution in [0, 0.1) is 0 Å². The van der Waals surface area contributed by atoms with Crippen LogP contribution in [0.2, 0.25) is 0 Å². The summed E-state index contributed by atoms with van der Waals surface area (Å²) in [5, 5.41) is 21.5. The summed E-state index contributed by atoms with van der Waals surface area (Å²) < 4.78 is 0. The number of aromatic hydroxyl groups is 1. The number of aliphatic carboxylic acids is 1. The zero-order chi connectivity index (χ0) is 14.4. The molecule has 0 saturated carbocycles. The second-order valence-electron chi connectivity index (χ2n) is 4.63. The first kappa shape index (κ1) is 17.1. The molecule has 0 amide bonds. The third-order valence-electron chi connectivity index (χ3n) is 3.07. The van der Waals surface area contributed by atoms with Crippen molar-refractivity contribution in [3.8, 4) is 5.75 Å². The van der Waals surface area contributed by atoms with E-state index in [9.17, 15) is 15.0 Å². The Morgan fingerprint density at radius 2 is 1.62 bits per heavy atom. The van der Waals surface area contributed by atoms with Crippen LogP contribution in [0.25, 0.3) is 0 Å². The van der Waals surface area contributed by atoms with Crippen molar-refractivity contribution in [1.82, 2.24) is 5.32 Å². The quantitative estimate of drug-likeness (QED) is 0.766. The third-order valence-corrected chi connectivity index (χ3v) is 3.07. The smallest absolute Gasteiger partial charge is 0.321 e. The van der Waals surface area contributed by atoms with Crippen molar-refractivity contribution in [2.75, 3.05) is 0 Å². The summed E-state index contributed by atoms with van der Waals surface area (Å²) in [7, 11) is 0. The molecule has 0 saturated heterocycles. The Hall–Kier alpha value is -1.98. The van der Waals surface area contributed by atoms with Gasteiger partial charge in [-0.25, -0.2) is 0 Å². The Morgan fingerprint density at radius 1 is 1.00 bits per heavy atom. The number of phenols is 1. The van der Waals surface area contributed by atoms with E-state index in [0.29, 0.717) is 13.0 Å². The Kier molecular flexibility index (Phi) is 6.78. The lowest BCUT2D eigenvalue weighted by molar-refractivity contribution is -0.139. The highest BCUT2D eigenvalue weighted by Gasteiger charge is 2.17. The van der Waals surface area contributed by atoms with E-state index in [1.807, 2.05) is 30.3 Å². The molecule has 0 heterocycles. The summed E-state index contributed by atoms with van der Waals surface area (Å²) in [4.78, 5) is 11.3. The highest BCUT2D eigenvalue weighted by atomic mass is 32.1. The molecule has 2 aromatic rings. The molecule has 2 aromatic carbocycles. The van der Waals surface area contributed by atoms with Gasteiger partial charge in [0, 0.05) is 6.54 Å². The van der Waals surface area contributed by atoms with Gasteiger partial charge in [0.1, 0.15) is 11.8 Å². The predicted molar refractivity (Wildman–Crippen MR) is 86.9 cm³/mol. The first-order chi connectivity index (χ1) is 9.65. The summed E-state index contributed by atoms with van der Waals surface area (Å²) in [6, 6.07) is 15.6. The fourth-order valence-corrected chi connectivity index (χ4v) is 1.95. The van der Waals surface area contributed by atoms with Gasteiger partial charge in [0.2, 0.25) is 0 Å². The fraction of sp³-hybridized carbons (Fsp3) is 0.188. The van der Waals surface area contributed by atoms with Crippen molar-refractivity contribution in [3.63, 3.8) is 0 Å². The Balaban J connectivity index is 0.00000220. The lowest BCUT2D eigenvalue weighted by atomic mass is 10.1. The normalized spacial score (nSPS) is 11.4. The lowest BCUT2D eigenvalue weighted by Gasteiger charge is -2.14. The highest BCUT2D eigenvalue weighted by Crippen LogP contribution is 2.11. The standard InChI is InChI=1S/C16H17NO3.H2S/c18-14-8-6-12(7-9-14)10-15(16(19)20)17-11-13-4-2-1-3-5-13;/h1-9,15,17-18H,10-11H2,(H,19,20);1H2/t15-;/m0./s1. The van der Waals surface area contributed by atoms with Crippen LogP contribution in [-0.4, -0.2) is 22.2 Å². The average molecular weight is 305 g/mol. The van der Waals surface area contributed by atoms with Crippen LogP contribution >= 0.6 is 13.5 Å². The number of carboxylic acid groups (broad SMARTS) is 1. The van der Waals surface area contributed by atoms with E-state index in [2.05, 4.69) is 5.32 Å². The summed E-state index contributed by atoms with van der Waals surface area (Å²) in [5.74, 6) is -0.702. The van der Waals surface area contributed by atoms with Crippen LogP contribution in [0.3, 0.4) is 0 Å². The van der Waals surface area contributed by atoms with Crippen molar-refractivity contribution >= 4 is 19.5 Å². The molecule has 2 rings (SSSR count). The Bertz CT molecular complexity index is 557. The molecule has 0 unspecified atom stereocenters. The second-order valence-corrected chi connectivity index (χ2v) is 4.63. The molecular weight excluding hydrogens is 286 g/mol. The van der Waals surface area contributed by atoms with E-state index in [1.165, 1.54) is 0 Å². The van der Waals surface area contributed by atoms with Gasteiger partial charge in [-0.15, -0.1) is 0 Å². The summed E-state index contributed by atoms with van der Waals surface area (Å²) in [5.41, 5.74) is 1.92. The Labute approximate surface area is 130 Å². The minimum Gasteiger partial charge on any atom is -0.508 e. The van der Waals surface area contributed by atoms with Gasteiger partial charge in [-0.3, -0.25) is 4.79 Å². The molecule has 5 heteroatoms. The monoisotopic (exact) mass is 305 g/mol. The van der Waals surface area contributed by atoms with Gasteiger partial charge in [-0.05, 0) is 29.7 Å². The van der Waals surface area contributed by atoms with Gasteiger partial charge in [0.25, 0.3) is 0 Å². The van der Waals surface area contributed by atoms with Crippen molar-refractivity contribution < 1.29 is 15.0 Å². The number of rotatable bonds is 6. The molecule has 112 valence electrons. The van der Waals surface area contributed by atoms with Crippen molar-refractivity contribution in [2.24, 2.45) is 0 Å². The number of benzene rings is 2. The first-order valence-corrected chi connectivity index (χ1v) is 6.43. The molecule has 4 nitrogen and oxygen atoms in total. The van der Waals surface area contributed by atoms with E-state index >= 15 is 0 Å². The molecular formula is C16H19NO3S. The number of hydrogen-bond acceptors (Lipinski definition) is 3. The van der Waals surface area contributed by atoms with Gasteiger partial charge in [-0.2, -0.15) is 13.5 Å². The van der Waals surface area contributed by atoms with E-state index in [-0.39, 0.29) is 19.2 Å². The molecule has 0 fully saturated rings. The van der Waals surface area contributed by atoms with Crippen LogP contribution in [-0.2, 0) is 17.8 Å². The van der Waals surface area contributed by atoms with Crippen LogP contribution < -0.4 is 5.32 Å². The van der Waals surface area contributed by atoms with Gasteiger partial charge < -0.3 is 15.5 Å². The molecule has 0 radical (unpaired) electrons. The van der Waals surface area contributed by atoms with Crippen molar-refractivity contribution in [2.45, 2.75) is 19.0 Å². The van der Waals surface area contributed by atoms with Crippen molar-refractivity contribution in [3.05, 3.63) is 65.7 Å². The second kappa shape index (κ2) is 8.34. The maximum absolute atomic E-state index is 11.3. The first-order valence-electron chi connectivity index (χ1n) is 6.43. The SMILES string of the molecule is O=C(O)[C@H](Cc1ccc(O)cc1)NCc1ccccc1.S. The van der Waals surface area contributed by atoms with Gasteiger partial charge in [0.05, 0.1) is 0 Å². The number of carboxylic acids is 1. The molecule has 3 N–H and O–H groups in total. The number of phenolic OH excluding ortho intramolecular Hbond substituents is 1. The molecule has 0 spiro atoms. The molecule has 0 aliphatic heterocycles. The minimum absolute atomic E-state index is 0. The van der Waals surface area contributed by atoms with E-state index in [4.69, 9.17) is 0 Å². The highest BCUT2D eigenvalue weighted by molar-refractivity contribution is 7.59. The van der Waals surface area contributed by atoms with Crippen LogP contribution in [0.1, 0.15) is 11.1 Å². The zero-order valence-electron chi connectivity index (χ0n) is 11.5. The van der Waals surface area contributed by atoms with Gasteiger partial charge in [0.15, 0.2) is 0 Å². The maximum atomic E-state index is 11.3. The zero-order valence-corrected chi connectivity index (χ0v) is 12.5. The fourth-order valence-electron chi connectivity index (χ4n) is 1.95.